The van der Waals surface area contributed by atoms with Crippen LogP contribution in [0.15, 0.2) is 30.6 Å². The van der Waals surface area contributed by atoms with Crippen LogP contribution in [0.3, 0.4) is 0 Å². The third kappa shape index (κ3) is 3.01. The molecule has 0 saturated carbocycles. The molecule has 2 aromatic heterocycles. The molecule has 0 saturated heterocycles. The maximum Gasteiger partial charge on any atom is 0.169 e. The van der Waals surface area contributed by atoms with Crippen LogP contribution >= 0.6 is 11.3 Å². The van der Waals surface area contributed by atoms with E-state index in [-0.39, 0.29) is 5.78 Å². The molecule has 2 aromatic rings. The van der Waals surface area contributed by atoms with E-state index >= 15 is 0 Å². The Bertz CT molecular complexity index is 531. The van der Waals surface area contributed by atoms with Crippen LogP contribution in [0.1, 0.15) is 32.6 Å². The Morgan fingerprint density at radius 3 is 2.71 bits per heavy atom. The lowest BCUT2D eigenvalue weighted by Gasteiger charge is -1.99. The minimum Gasteiger partial charge on any atom is -0.294 e. The van der Waals surface area contributed by atoms with Gasteiger partial charge in [-0.15, -0.1) is 11.3 Å². The molecule has 88 valence electrons. The second-order valence-electron chi connectivity index (χ2n) is 4.07. The molecule has 0 N–H and O–H groups in total. The molecule has 0 spiro atoms. The average molecular weight is 245 g/mol. The van der Waals surface area contributed by atoms with Gasteiger partial charge in [-0.2, -0.15) is 0 Å². The van der Waals surface area contributed by atoms with Gasteiger partial charge in [-0.3, -0.25) is 9.78 Å². The summed E-state index contributed by atoms with van der Waals surface area (Å²) in [6.45, 7) is 4.08. The van der Waals surface area contributed by atoms with E-state index in [0.29, 0.717) is 12.0 Å². The highest BCUT2D eigenvalue weighted by atomic mass is 32.1. The first kappa shape index (κ1) is 12.0. The van der Waals surface area contributed by atoms with E-state index in [2.05, 4.69) is 18.0 Å². The first-order chi connectivity index (χ1) is 8.19. The van der Waals surface area contributed by atoms with Crippen LogP contribution < -0.4 is 0 Å². The Morgan fingerprint density at radius 1 is 1.29 bits per heavy atom. The van der Waals surface area contributed by atoms with E-state index in [9.17, 15) is 4.79 Å². The lowest BCUT2D eigenvalue weighted by molar-refractivity contribution is 0.0993. The van der Waals surface area contributed by atoms with Gasteiger partial charge in [-0.25, -0.2) is 0 Å². The van der Waals surface area contributed by atoms with Crippen molar-refractivity contribution >= 4 is 17.1 Å². The summed E-state index contributed by atoms with van der Waals surface area (Å²) in [5.74, 6) is 0.144. The summed E-state index contributed by atoms with van der Waals surface area (Å²) >= 11 is 1.72. The first-order valence-electron chi connectivity index (χ1n) is 5.71. The van der Waals surface area contributed by atoms with Gasteiger partial charge in [0.15, 0.2) is 5.78 Å². The number of thiophene rings is 1. The van der Waals surface area contributed by atoms with Crippen LogP contribution in [-0.2, 0) is 12.8 Å². The Morgan fingerprint density at radius 2 is 2.06 bits per heavy atom. The van der Waals surface area contributed by atoms with Crippen LogP contribution in [0.4, 0.5) is 0 Å². The fourth-order valence-electron chi connectivity index (χ4n) is 1.68. The highest BCUT2D eigenvalue weighted by Crippen LogP contribution is 2.19. The van der Waals surface area contributed by atoms with Gasteiger partial charge in [0.05, 0.1) is 0 Å². The molecule has 0 bridgehead atoms. The van der Waals surface area contributed by atoms with E-state index in [4.69, 9.17) is 0 Å². The first-order valence-corrected chi connectivity index (χ1v) is 6.53. The summed E-state index contributed by atoms with van der Waals surface area (Å²) in [7, 11) is 0. The summed E-state index contributed by atoms with van der Waals surface area (Å²) < 4.78 is 0. The molecule has 0 aliphatic carbocycles. The summed E-state index contributed by atoms with van der Waals surface area (Å²) in [6.07, 6.45) is 4.92. The van der Waals surface area contributed by atoms with Crippen molar-refractivity contribution in [3.05, 3.63) is 51.5 Å². The largest absolute Gasteiger partial charge is 0.294 e. The Hall–Kier alpha value is -1.48. The summed E-state index contributed by atoms with van der Waals surface area (Å²) in [6, 6.07) is 6.04. The van der Waals surface area contributed by atoms with Crippen LogP contribution in [0.5, 0.6) is 0 Å². The smallest absolute Gasteiger partial charge is 0.169 e. The zero-order valence-electron chi connectivity index (χ0n) is 10.1. The van der Waals surface area contributed by atoms with Crippen molar-refractivity contribution in [2.45, 2.75) is 26.7 Å². The minimum absolute atomic E-state index is 0.144. The standard InChI is InChI=1S/C14H15NOS/c1-3-12-4-5-13(17-12)7-14(16)11-6-10(2)8-15-9-11/h4-6,8-9H,3,7H2,1-2H3. The van der Waals surface area contributed by atoms with Crippen molar-refractivity contribution in [3.8, 4) is 0 Å². The number of hydrogen-bond donors (Lipinski definition) is 0. The fraction of sp³-hybridized carbons (Fsp3) is 0.286. The highest BCUT2D eigenvalue weighted by Gasteiger charge is 2.09. The van der Waals surface area contributed by atoms with Gasteiger partial charge >= 0.3 is 0 Å². The van der Waals surface area contributed by atoms with Gasteiger partial charge in [0.1, 0.15) is 0 Å². The highest BCUT2D eigenvalue weighted by molar-refractivity contribution is 7.12. The van der Waals surface area contributed by atoms with E-state index in [1.165, 1.54) is 4.88 Å². The molecule has 0 atom stereocenters. The lowest BCUT2D eigenvalue weighted by Crippen LogP contribution is -2.03. The molecule has 17 heavy (non-hydrogen) atoms. The molecule has 3 heteroatoms. The number of Topliss-reactive ketones (excluding diaryl/α,β-unsaturated/α-hetero) is 1. The molecule has 0 radical (unpaired) electrons. The van der Waals surface area contributed by atoms with Crippen molar-refractivity contribution in [3.63, 3.8) is 0 Å². The van der Waals surface area contributed by atoms with E-state index < -0.39 is 0 Å². The number of rotatable bonds is 4. The number of nitrogens with zero attached hydrogens (tertiary/aromatic N) is 1. The third-order valence-electron chi connectivity index (χ3n) is 2.60. The fourth-order valence-corrected chi connectivity index (χ4v) is 2.63. The minimum atomic E-state index is 0.144. The van der Waals surface area contributed by atoms with Crippen LogP contribution in [0.2, 0.25) is 0 Å². The van der Waals surface area contributed by atoms with Gasteiger partial charge in [-0.05, 0) is 37.1 Å². The number of carbonyl (C=O) groups excluding carboxylic acids is 1. The van der Waals surface area contributed by atoms with Gasteiger partial charge in [0, 0.05) is 34.1 Å². The van der Waals surface area contributed by atoms with E-state index in [1.54, 1.807) is 23.7 Å². The maximum atomic E-state index is 12.0. The SMILES string of the molecule is CCc1ccc(CC(=O)c2cncc(C)c2)s1. The van der Waals surface area contributed by atoms with Gasteiger partial charge in [0.2, 0.25) is 0 Å². The van der Waals surface area contributed by atoms with Crippen molar-refractivity contribution < 1.29 is 4.79 Å². The predicted octanol–water partition coefficient (Wildman–Crippen LogP) is 3.44. The molecule has 0 aromatic carbocycles. The zero-order chi connectivity index (χ0) is 12.3. The van der Waals surface area contributed by atoms with E-state index in [1.807, 2.05) is 19.1 Å². The summed E-state index contributed by atoms with van der Waals surface area (Å²) in [4.78, 5) is 18.5. The molecule has 0 fully saturated rings. The quantitative estimate of drug-likeness (QED) is 0.772. The third-order valence-corrected chi connectivity index (χ3v) is 3.83. The number of ketones is 1. The predicted molar refractivity (Wildman–Crippen MR) is 70.7 cm³/mol. The monoisotopic (exact) mass is 245 g/mol. The van der Waals surface area contributed by atoms with Gasteiger partial charge in [-0.1, -0.05) is 6.92 Å². The molecule has 0 aliphatic heterocycles. The molecule has 0 aliphatic rings. The van der Waals surface area contributed by atoms with Gasteiger partial charge in [0.25, 0.3) is 0 Å². The van der Waals surface area contributed by atoms with Crippen LogP contribution in [-0.4, -0.2) is 10.8 Å². The van der Waals surface area contributed by atoms with Crippen molar-refractivity contribution in [2.24, 2.45) is 0 Å². The Balaban J connectivity index is 2.11. The topological polar surface area (TPSA) is 30.0 Å². The van der Waals surface area contributed by atoms with Crippen molar-refractivity contribution in [1.29, 1.82) is 0 Å². The maximum absolute atomic E-state index is 12.0. The molecular formula is C14H15NOS. The second kappa shape index (κ2) is 5.23. The zero-order valence-corrected chi connectivity index (χ0v) is 10.9. The van der Waals surface area contributed by atoms with Gasteiger partial charge < -0.3 is 0 Å². The number of carbonyl (C=O) groups is 1. The lowest BCUT2D eigenvalue weighted by atomic mass is 10.1. The molecule has 2 rings (SSSR count). The summed E-state index contributed by atoms with van der Waals surface area (Å²) in [5.41, 5.74) is 1.73. The second-order valence-corrected chi connectivity index (χ2v) is 5.33. The molecule has 2 heterocycles. The van der Waals surface area contributed by atoms with Crippen molar-refractivity contribution in [1.82, 2.24) is 4.98 Å². The molecule has 2 nitrogen and oxygen atoms in total. The van der Waals surface area contributed by atoms with Crippen LogP contribution in [0.25, 0.3) is 0 Å². The van der Waals surface area contributed by atoms with Crippen molar-refractivity contribution in [2.75, 3.05) is 0 Å². The van der Waals surface area contributed by atoms with E-state index in [0.717, 1.165) is 16.9 Å². The average Bonchev–Trinajstić information content (AvgIpc) is 2.77. The summed E-state index contributed by atoms with van der Waals surface area (Å²) in [5, 5.41) is 0. The molecule has 0 unspecified atom stereocenters. The Kier molecular flexibility index (Phi) is 3.69. The van der Waals surface area contributed by atoms with Crippen LogP contribution in [0, 0.1) is 6.92 Å². The molecule has 0 amide bonds. The number of pyridine rings is 1. The molecular weight excluding hydrogens is 230 g/mol. The number of aryl methyl sites for hydroxylation is 2. The Labute approximate surface area is 105 Å². The number of aromatic nitrogens is 1. The normalized spacial score (nSPS) is 10.5. The number of hydrogen-bond acceptors (Lipinski definition) is 3.